The number of halogens is 1. The fourth-order valence-electron chi connectivity index (χ4n) is 4.49. The first-order valence-corrected chi connectivity index (χ1v) is 10.2. The second kappa shape index (κ2) is 7.39. The van der Waals surface area contributed by atoms with Crippen molar-refractivity contribution in [1.29, 1.82) is 0 Å². The third kappa shape index (κ3) is 3.23. The summed E-state index contributed by atoms with van der Waals surface area (Å²) in [6, 6.07) is 9.70. The van der Waals surface area contributed by atoms with Gasteiger partial charge in [0.25, 0.3) is 5.69 Å². The molecule has 1 amide bonds. The number of rotatable bonds is 3. The Bertz CT molecular complexity index is 1170. The Hall–Kier alpha value is -3.39. The van der Waals surface area contributed by atoms with Gasteiger partial charge in [0, 0.05) is 36.1 Å². The van der Waals surface area contributed by atoms with Gasteiger partial charge in [-0.2, -0.15) is 0 Å². The molecule has 1 aliphatic carbocycles. The number of amides is 1. The maximum Gasteiger partial charge on any atom is 0.289 e. The summed E-state index contributed by atoms with van der Waals surface area (Å²) in [5.41, 5.74) is 2.05. The summed E-state index contributed by atoms with van der Waals surface area (Å²) in [6.07, 6.45) is 1.62. The highest BCUT2D eigenvalue weighted by Gasteiger charge is 2.40. The van der Waals surface area contributed by atoms with E-state index in [1.54, 1.807) is 12.1 Å². The maximum atomic E-state index is 13.3. The first kappa shape index (κ1) is 19.6. The van der Waals surface area contributed by atoms with Gasteiger partial charge in [0.15, 0.2) is 17.3 Å². The van der Waals surface area contributed by atoms with Crippen LogP contribution in [0.25, 0.3) is 0 Å². The number of carbonyl (C=O) groups is 2. The lowest BCUT2D eigenvalue weighted by Gasteiger charge is -2.38. The van der Waals surface area contributed by atoms with Crippen LogP contribution in [0.2, 0.25) is 5.02 Å². The molecule has 1 unspecified atom stereocenters. The van der Waals surface area contributed by atoms with E-state index in [0.29, 0.717) is 47.7 Å². The SMILES string of the molecule is O=C1CCCC2=C1C(c1ccc3c(c1)OCO3)CC(=O)N2c1ccc(Cl)c([N+](=O)[O-])c1. The molecule has 0 fully saturated rings. The predicted molar refractivity (Wildman–Crippen MR) is 111 cm³/mol. The fraction of sp³-hybridized carbons (Fsp3) is 0.273. The Balaban J connectivity index is 1.63. The number of allylic oxidation sites excluding steroid dienone is 2. The van der Waals surface area contributed by atoms with Crippen molar-refractivity contribution >= 4 is 34.7 Å². The second-order valence-corrected chi connectivity index (χ2v) is 8.04. The van der Waals surface area contributed by atoms with Crippen molar-refractivity contribution in [1.82, 2.24) is 0 Å². The zero-order chi connectivity index (χ0) is 21.7. The lowest BCUT2D eigenvalue weighted by Crippen LogP contribution is -2.40. The van der Waals surface area contributed by atoms with Gasteiger partial charge in [-0.15, -0.1) is 0 Å². The second-order valence-electron chi connectivity index (χ2n) is 7.63. The summed E-state index contributed by atoms with van der Waals surface area (Å²) in [7, 11) is 0. The average molecular weight is 441 g/mol. The number of hydrogen-bond donors (Lipinski definition) is 0. The van der Waals surface area contributed by atoms with Gasteiger partial charge in [-0.1, -0.05) is 17.7 Å². The highest BCUT2D eigenvalue weighted by molar-refractivity contribution is 6.32. The molecule has 0 aromatic heterocycles. The van der Waals surface area contributed by atoms with Crippen LogP contribution in [0.15, 0.2) is 47.7 Å². The Morgan fingerprint density at radius 3 is 2.68 bits per heavy atom. The molecule has 2 aliphatic heterocycles. The molecule has 0 bridgehead atoms. The van der Waals surface area contributed by atoms with Crippen molar-refractivity contribution in [2.45, 2.75) is 31.6 Å². The van der Waals surface area contributed by atoms with Crippen molar-refractivity contribution in [3.05, 3.63) is 68.4 Å². The van der Waals surface area contributed by atoms with Crippen LogP contribution < -0.4 is 14.4 Å². The molecule has 2 aromatic rings. The zero-order valence-corrected chi connectivity index (χ0v) is 17.1. The highest BCUT2D eigenvalue weighted by Crippen LogP contribution is 2.46. The van der Waals surface area contributed by atoms with Crippen LogP contribution in [0.1, 0.15) is 37.2 Å². The van der Waals surface area contributed by atoms with E-state index in [9.17, 15) is 19.7 Å². The minimum absolute atomic E-state index is 0.00892. The Kier molecular flexibility index (Phi) is 4.66. The molecule has 0 radical (unpaired) electrons. The Labute approximate surface area is 182 Å². The Morgan fingerprint density at radius 1 is 1.06 bits per heavy atom. The molecule has 2 aromatic carbocycles. The maximum absolute atomic E-state index is 13.3. The molecular formula is C22H17ClN2O6. The molecular weight excluding hydrogens is 424 g/mol. The lowest BCUT2D eigenvalue weighted by molar-refractivity contribution is -0.384. The molecule has 0 spiro atoms. The van der Waals surface area contributed by atoms with E-state index in [-0.39, 0.29) is 35.6 Å². The highest BCUT2D eigenvalue weighted by atomic mass is 35.5. The smallest absolute Gasteiger partial charge is 0.289 e. The summed E-state index contributed by atoms with van der Waals surface area (Å²) in [5.74, 6) is 0.581. The van der Waals surface area contributed by atoms with E-state index in [2.05, 4.69) is 0 Å². The molecule has 3 aliphatic rings. The molecule has 158 valence electrons. The van der Waals surface area contributed by atoms with E-state index >= 15 is 0 Å². The van der Waals surface area contributed by atoms with Gasteiger partial charge in [0.2, 0.25) is 12.7 Å². The lowest BCUT2D eigenvalue weighted by atomic mass is 9.77. The van der Waals surface area contributed by atoms with Gasteiger partial charge in [-0.05, 0) is 42.7 Å². The molecule has 31 heavy (non-hydrogen) atoms. The molecule has 9 heteroatoms. The summed E-state index contributed by atoms with van der Waals surface area (Å²) in [5, 5.41) is 11.3. The monoisotopic (exact) mass is 440 g/mol. The predicted octanol–water partition coefficient (Wildman–Crippen LogP) is 4.50. The van der Waals surface area contributed by atoms with Crippen molar-refractivity contribution < 1.29 is 24.0 Å². The van der Waals surface area contributed by atoms with E-state index in [1.807, 2.05) is 12.1 Å². The van der Waals surface area contributed by atoms with Gasteiger partial charge >= 0.3 is 0 Å². The zero-order valence-electron chi connectivity index (χ0n) is 16.3. The van der Waals surface area contributed by atoms with Crippen molar-refractivity contribution in [3.63, 3.8) is 0 Å². The number of hydrogen-bond acceptors (Lipinski definition) is 6. The van der Waals surface area contributed by atoms with Crippen LogP contribution in [0.5, 0.6) is 11.5 Å². The summed E-state index contributed by atoms with van der Waals surface area (Å²) in [6.45, 7) is 0.137. The number of Topliss-reactive ketones (excluding diaryl/α,β-unsaturated/α-hetero) is 1. The molecule has 0 N–H and O–H groups in total. The van der Waals surface area contributed by atoms with Crippen LogP contribution in [0, 0.1) is 10.1 Å². The number of anilines is 1. The van der Waals surface area contributed by atoms with Crippen LogP contribution in [-0.2, 0) is 9.59 Å². The molecule has 1 atom stereocenters. The van der Waals surface area contributed by atoms with Crippen LogP contribution >= 0.6 is 11.6 Å². The number of benzene rings is 2. The largest absolute Gasteiger partial charge is 0.454 e. The van der Waals surface area contributed by atoms with E-state index in [0.717, 1.165) is 5.56 Å². The standard InChI is InChI=1S/C22H17ClN2O6/c23-15-6-5-13(9-17(15)25(28)29)24-16-2-1-3-18(26)22(16)14(10-21(24)27)12-4-7-19-20(8-12)31-11-30-19/h4-9,14H,1-3,10-11H2. The number of ether oxygens (including phenoxy) is 2. The van der Waals surface area contributed by atoms with Crippen LogP contribution in [-0.4, -0.2) is 23.4 Å². The van der Waals surface area contributed by atoms with E-state index in [4.69, 9.17) is 21.1 Å². The minimum Gasteiger partial charge on any atom is -0.454 e. The normalized spacial score (nSPS) is 20.2. The number of nitro groups is 1. The minimum atomic E-state index is -0.586. The van der Waals surface area contributed by atoms with Crippen molar-refractivity contribution in [2.75, 3.05) is 11.7 Å². The molecule has 0 saturated heterocycles. The van der Waals surface area contributed by atoms with Gasteiger partial charge in [0.05, 0.1) is 10.6 Å². The molecule has 5 rings (SSSR count). The number of ketones is 1. The first-order chi connectivity index (χ1) is 14.9. The first-order valence-electron chi connectivity index (χ1n) is 9.86. The topological polar surface area (TPSA) is 99.0 Å². The molecule has 8 nitrogen and oxygen atoms in total. The van der Waals surface area contributed by atoms with Gasteiger partial charge < -0.3 is 9.47 Å². The van der Waals surface area contributed by atoms with Crippen molar-refractivity contribution in [3.8, 4) is 11.5 Å². The van der Waals surface area contributed by atoms with E-state index in [1.165, 1.54) is 17.0 Å². The van der Waals surface area contributed by atoms with Crippen molar-refractivity contribution in [2.24, 2.45) is 0 Å². The summed E-state index contributed by atoms with van der Waals surface area (Å²) in [4.78, 5) is 38.4. The molecule has 0 saturated carbocycles. The third-order valence-electron chi connectivity index (χ3n) is 5.86. The van der Waals surface area contributed by atoms with Gasteiger partial charge in [0.1, 0.15) is 5.02 Å². The van der Waals surface area contributed by atoms with Gasteiger partial charge in [-0.25, -0.2) is 0 Å². The number of fused-ring (bicyclic) bond motifs is 1. The van der Waals surface area contributed by atoms with Gasteiger partial charge in [-0.3, -0.25) is 24.6 Å². The summed E-state index contributed by atoms with van der Waals surface area (Å²) >= 11 is 5.94. The average Bonchev–Trinajstić information content (AvgIpc) is 3.21. The fourth-order valence-corrected chi connectivity index (χ4v) is 4.67. The van der Waals surface area contributed by atoms with E-state index < -0.39 is 10.8 Å². The number of nitro benzene ring substituents is 1. The Morgan fingerprint density at radius 2 is 1.87 bits per heavy atom. The quantitative estimate of drug-likeness (QED) is 0.514. The van der Waals surface area contributed by atoms with Crippen LogP contribution in [0.3, 0.4) is 0 Å². The molecule has 2 heterocycles. The summed E-state index contributed by atoms with van der Waals surface area (Å²) < 4.78 is 10.8. The number of carbonyl (C=O) groups excluding carboxylic acids is 2. The number of nitrogens with zero attached hydrogens (tertiary/aromatic N) is 2. The van der Waals surface area contributed by atoms with Crippen LogP contribution in [0.4, 0.5) is 11.4 Å². The third-order valence-corrected chi connectivity index (χ3v) is 6.18.